The lowest BCUT2D eigenvalue weighted by Crippen LogP contribution is -2.38. The number of ether oxygens (including phenoxy) is 1. The van der Waals surface area contributed by atoms with Gasteiger partial charge in [0.25, 0.3) is 5.79 Å². The maximum atomic E-state index is 10.4. The summed E-state index contributed by atoms with van der Waals surface area (Å²) in [4.78, 5) is 10.4. The van der Waals surface area contributed by atoms with Crippen LogP contribution in [0.15, 0.2) is 0 Å². The lowest BCUT2D eigenvalue weighted by atomic mass is 10.2. The van der Waals surface area contributed by atoms with E-state index >= 15 is 0 Å². The van der Waals surface area contributed by atoms with Gasteiger partial charge in [-0.2, -0.15) is 0 Å². The van der Waals surface area contributed by atoms with Crippen molar-refractivity contribution in [3.63, 3.8) is 0 Å². The fourth-order valence-corrected chi connectivity index (χ4v) is 0.861. The largest absolute Gasteiger partial charge is 0.477 e. The van der Waals surface area contributed by atoms with Gasteiger partial charge in [-0.3, -0.25) is 0 Å². The molecule has 0 heterocycles. The normalized spacial score (nSPS) is 15.3. The van der Waals surface area contributed by atoms with Crippen molar-refractivity contribution in [3.8, 4) is 0 Å². The molecule has 0 rings (SSSR count). The first-order valence-electron chi connectivity index (χ1n) is 4.60. The molecule has 2 N–H and O–H groups in total. The van der Waals surface area contributed by atoms with Crippen LogP contribution in [-0.4, -0.2) is 28.6 Å². The first-order chi connectivity index (χ1) is 6.00. The van der Waals surface area contributed by atoms with Crippen molar-refractivity contribution in [2.24, 2.45) is 0 Å². The van der Waals surface area contributed by atoms with Crippen LogP contribution in [0.4, 0.5) is 0 Å². The van der Waals surface area contributed by atoms with E-state index in [4.69, 9.17) is 14.9 Å². The van der Waals surface area contributed by atoms with Gasteiger partial charge in [0.1, 0.15) is 0 Å². The van der Waals surface area contributed by atoms with E-state index in [9.17, 15) is 4.79 Å². The van der Waals surface area contributed by atoms with Gasteiger partial charge in [0.15, 0.2) is 0 Å². The molecule has 1 atom stereocenters. The van der Waals surface area contributed by atoms with Crippen LogP contribution in [0.25, 0.3) is 0 Å². The summed E-state index contributed by atoms with van der Waals surface area (Å²) >= 11 is 0. The van der Waals surface area contributed by atoms with Crippen LogP contribution >= 0.6 is 0 Å². The van der Waals surface area contributed by atoms with E-state index in [1.807, 2.05) is 0 Å². The van der Waals surface area contributed by atoms with Crippen LogP contribution < -0.4 is 0 Å². The zero-order valence-electron chi connectivity index (χ0n) is 8.25. The van der Waals surface area contributed by atoms with Crippen molar-refractivity contribution in [2.75, 3.05) is 6.61 Å². The van der Waals surface area contributed by atoms with E-state index in [1.165, 1.54) is 0 Å². The highest BCUT2D eigenvalue weighted by Crippen LogP contribution is 2.07. The summed E-state index contributed by atoms with van der Waals surface area (Å²) in [5, 5.41) is 17.6. The predicted molar refractivity (Wildman–Crippen MR) is 48.4 cm³/mol. The third-order valence-electron chi connectivity index (χ3n) is 1.78. The number of aliphatic carboxylic acids is 1. The van der Waals surface area contributed by atoms with Gasteiger partial charge < -0.3 is 14.9 Å². The Morgan fingerprint density at radius 1 is 1.38 bits per heavy atom. The molecule has 0 amide bonds. The summed E-state index contributed by atoms with van der Waals surface area (Å²) in [6.07, 6.45) is 4.03. The average Bonchev–Trinajstić information content (AvgIpc) is 2.03. The van der Waals surface area contributed by atoms with Crippen LogP contribution in [0.1, 0.15) is 39.5 Å². The molecule has 0 aromatic rings. The number of hydrogen-bond donors (Lipinski definition) is 2. The highest BCUT2D eigenvalue weighted by atomic mass is 16.6. The zero-order valence-corrected chi connectivity index (χ0v) is 8.25. The average molecular weight is 190 g/mol. The van der Waals surface area contributed by atoms with Gasteiger partial charge in [-0.25, -0.2) is 4.79 Å². The van der Waals surface area contributed by atoms with E-state index in [2.05, 4.69) is 6.92 Å². The van der Waals surface area contributed by atoms with Crippen molar-refractivity contribution in [1.29, 1.82) is 0 Å². The summed E-state index contributed by atoms with van der Waals surface area (Å²) in [6, 6.07) is 0. The van der Waals surface area contributed by atoms with Crippen molar-refractivity contribution in [3.05, 3.63) is 0 Å². The maximum absolute atomic E-state index is 10.4. The summed E-state index contributed by atoms with van der Waals surface area (Å²) in [5.41, 5.74) is 0. The second kappa shape index (κ2) is 5.94. The Kier molecular flexibility index (Phi) is 5.66. The second-order valence-corrected chi connectivity index (χ2v) is 3.20. The van der Waals surface area contributed by atoms with E-state index in [0.29, 0.717) is 6.61 Å². The zero-order chi connectivity index (χ0) is 10.3. The number of carboxylic acids is 1. The smallest absolute Gasteiger partial charge is 0.363 e. The molecule has 78 valence electrons. The Morgan fingerprint density at radius 3 is 2.46 bits per heavy atom. The highest BCUT2D eigenvalue weighted by molar-refractivity contribution is 5.74. The summed E-state index contributed by atoms with van der Waals surface area (Å²) in [7, 11) is 0. The maximum Gasteiger partial charge on any atom is 0.363 e. The molecule has 4 nitrogen and oxygen atoms in total. The molecule has 4 heteroatoms. The van der Waals surface area contributed by atoms with Crippen molar-refractivity contribution >= 4 is 5.97 Å². The molecule has 0 aliphatic heterocycles. The molecule has 0 aliphatic carbocycles. The SMILES string of the molecule is CCCCCCOC(C)(O)C(=O)O. The molecule has 0 aromatic heterocycles. The number of rotatable bonds is 7. The molecule has 1 unspecified atom stereocenters. The Morgan fingerprint density at radius 2 is 2.00 bits per heavy atom. The third-order valence-corrected chi connectivity index (χ3v) is 1.78. The third kappa shape index (κ3) is 5.60. The topological polar surface area (TPSA) is 66.8 Å². The lowest BCUT2D eigenvalue weighted by molar-refractivity contribution is -0.216. The summed E-state index contributed by atoms with van der Waals surface area (Å²) in [6.45, 7) is 3.52. The van der Waals surface area contributed by atoms with Crippen LogP contribution in [0, 0.1) is 0 Å². The molecular weight excluding hydrogens is 172 g/mol. The molecule has 13 heavy (non-hydrogen) atoms. The van der Waals surface area contributed by atoms with Gasteiger partial charge in [-0.1, -0.05) is 26.2 Å². The van der Waals surface area contributed by atoms with Crippen molar-refractivity contribution in [1.82, 2.24) is 0 Å². The van der Waals surface area contributed by atoms with E-state index in [1.54, 1.807) is 0 Å². The number of carbonyl (C=O) groups is 1. The minimum atomic E-state index is -2.04. The van der Waals surface area contributed by atoms with Crippen LogP contribution in [0.2, 0.25) is 0 Å². The highest BCUT2D eigenvalue weighted by Gasteiger charge is 2.30. The van der Waals surface area contributed by atoms with Gasteiger partial charge in [0.2, 0.25) is 0 Å². The molecule has 0 spiro atoms. The van der Waals surface area contributed by atoms with E-state index in [-0.39, 0.29) is 0 Å². The number of hydrogen-bond acceptors (Lipinski definition) is 3. The predicted octanol–water partition coefficient (Wildman–Crippen LogP) is 1.38. The number of unbranched alkanes of at least 4 members (excludes halogenated alkanes) is 3. The Hall–Kier alpha value is -0.610. The molecule has 0 fully saturated rings. The van der Waals surface area contributed by atoms with Crippen LogP contribution in [0.5, 0.6) is 0 Å². The molecule has 0 bridgehead atoms. The second-order valence-electron chi connectivity index (χ2n) is 3.20. The Bertz CT molecular complexity index is 154. The molecule has 0 saturated heterocycles. The first-order valence-corrected chi connectivity index (χ1v) is 4.60. The fraction of sp³-hybridized carbons (Fsp3) is 0.889. The van der Waals surface area contributed by atoms with Crippen molar-refractivity contribution < 1.29 is 19.7 Å². The number of carboxylic acid groups (broad SMARTS) is 1. The monoisotopic (exact) mass is 190 g/mol. The Balaban J connectivity index is 3.46. The minimum absolute atomic E-state index is 0.291. The standard InChI is InChI=1S/C9H18O4/c1-3-4-5-6-7-13-9(2,12)8(10)11/h12H,3-7H2,1-2H3,(H,10,11). The van der Waals surface area contributed by atoms with Gasteiger partial charge in [0, 0.05) is 6.92 Å². The first kappa shape index (κ1) is 12.4. The summed E-state index contributed by atoms with van der Waals surface area (Å²) in [5.74, 6) is -3.38. The molecule has 0 aromatic carbocycles. The van der Waals surface area contributed by atoms with E-state index in [0.717, 1.165) is 32.6 Å². The lowest BCUT2D eigenvalue weighted by Gasteiger charge is -2.18. The molecule has 0 radical (unpaired) electrons. The van der Waals surface area contributed by atoms with E-state index < -0.39 is 11.8 Å². The van der Waals surface area contributed by atoms with Crippen LogP contribution in [-0.2, 0) is 9.53 Å². The van der Waals surface area contributed by atoms with Crippen LogP contribution in [0.3, 0.4) is 0 Å². The molecular formula is C9H18O4. The van der Waals surface area contributed by atoms with Gasteiger partial charge in [-0.05, 0) is 6.42 Å². The number of aliphatic hydroxyl groups is 1. The molecule has 0 saturated carbocycles. The fourth-order valence-electron chi connectivity index (χ4n) is 0.861. The van der Waals surface area contributed by atoms with Gasteiger partial charge in [0.05, 0.1) is 6.61 Å². The minimum Gasteiger partial charge on any atom is -0.477 e. The van der Waals surface area contributed by atoms with Gasteiger partial charge >= 0.3 is 5.97 Å². The molecule has 0 aliphatic rings. The summed E-state index contributed by atoms with van der Waals surface area (Å²) < 4.78 is 4.79. The van der Waals surface area contributed by atoms with Crippen molar-refractivity contribution in [2.45, 2.75) is 45.3 Å². The van der Waals surface area contributed by atoms with Gasteiger partial charge in [-0.15, -0.1) is 0 Å². The quantitative estimate of drug-likeness (QED) is 0.470. The Labute approximate surface area is 78.5 Å².